The predicted molar refractivity (Wildman–Crippen MR) is 95.7 cm³/mol. The zero-order valence-corrected chi connectivity index (χ0v) is 15.0. The van der Waals surface area contributed by atoms with E-state index in [9.17, 15) is 9.59 Å². The highest BCUT2D eigenvalue weighted by molar-refractivity contribution is 8.00. The van der Waals surface area contributed by atoms with Gasteiger partial charge < -0.3 is 9.80 Å². The largest absolute Gasteiger partial charge is 0.338 e. The number of piperidine rings is 1. The fourth-order valence-corrected chi connectivity index (χ4v) is 4.90. The maximum absolute atomic E-state index is 13.0. The topological polar surface area (TPSA) is 53.5 Å². The van der Waals surface area contributed by atoms with Crippen LogP contribution in [0.25, 0.3) is 0 Å². The summed E-state index contributed by atoms with van der Waals surface area (Å²) >= 11 is 1.89. The third kappa shape index (κ3) is 3.74. The fourth-order valence-electron chi connectivity index (χ4n) is 3.53. The van der Waals surface area contributed by atoms with Gasteiger partial charge >= 0.3 is 0 Å². The van der Waals surface area contributed by atoms with Crippen LogP contribution in [0.5, 0.6) is 0 Å². The number of amides is 2. The van der Waals surface area contributed by atoms with E-state index in [4.69, 9.17) is 0 Å². The predicted octanol–water partition coefficient (Wildman–Crippen LogP) is 2.64. The lowest BCUT2D eigenvalue weighted by Crippen LogP contribution is -2.47. The van der Waals surface area contributed by atoms with E-state index in [0.717, 1.165) is 44.5 Å². The van der Waals surface area contributed by atoms with Crippen LogP contribution >= 0.6 is 11.8 Å². The number of rotatable bonds is 4. The highest BCUT2D eigenvalue weighted by atomic mass is 32.2. The summed E-state index contributed by atoms with van der Waals surface area (Å²) in [6, 6.07) is 3.48. The first kappa shape index (κ1) is 17.3. The zero-order valence-electron chi connectivity index (χ0n) is 14.2. The third-order valence-electron chi connectivity index (χ3n) is 4.79. The molecular formula is C18H25N3O2S. The molecule has 130 valence electrons. The molecule has 0 spiro atoms. The second kappa shape index (κ2) is 8.01. The molecule has 2 amide bonds. The quantitative estimate of drug-likeness (QED) is 0.840. The van der Waals surface area contributed by atoms with Crippen molar-refractivity contribution < 1.29 is 9.59 Å². The van der Waals surface area contributed by atoms with Gasteiger partial charge in [0.1, 0.15) is 0 Å². The van der Waals surface area contributed by atoms with Gasteiger partial charge in [-0.15, -0.1) is 11.8 Å². The van der Waals surface area contributed by atoms with Crippen molar-refractivity contribution in [2.75, 3.05) is 25.4 Å². The van der Waals surface area contributed by atoms with Crippen molar-refractivity contribution in [2.24, 2.45) is 5.92 Å². The van der Waals surface area contributed by atoms with Gasteiger partial charge in [-0.1, -0.05) is 13.3 Å². The van der Waals surface area contributed by atoms with Crippen LogP contribution in [0.4, 0.5) is 0 Å². The lowest BCUT2D eigenvalue weighted by molar-refractivity contribution is -0.137. The van der Waals surface area contributed by atoms with Crippen LogP contribution in [0, 0.1) is 5.92 Å². The Balaban J connectivity index is 1.65. The number of pyridine rings is 1. The van der Waals surface area contributed by atoms with Crippen molar-refractivity contribution in [2.45, 2.75) is 38.0 Å². The Kier molecular flexibility index (Phi) is 5.76. The molecule has 0 saturated carbocycles. The van der Waals surface area contributed by atoms with E-state index >= 15 is 0 Å². The van der Waals surface area contributed by atoms with Gasteiger partial charge in [-0.05, 0) is 31.4 Å². The maximum atomic E-state index is 13.0. The molecule has 1 aromatic rings. The molecule has 0 N–H and O–H groups in total. The molecule has 0 bridgehead atoms. The second-order valence-electron chi connectivity index (χ2n) is 6.47. The number of hydrogen-bond acceptors (Lipinski definition) is 4. The van der Waals surface area contributed by atoms with Gasteiger partial charge in [0, 0.05) is 43.3 Å². The van der Waals surface area contributed by atoms with Gasteiger partial charge in [0.05, 0.1) is 11.3 Å². The molecular weight excluding hydrogens is 322 g/mol. The Morgan fingerprint density at radius 3 is 2.83 bits per heavy atom. The number of nitrogens with zero attached hydrogens (tertiary/aromatic N) is 3. The smallest absolute Gasteiger partial charge is 0.253 e. The molecule has 0 aromatic carbocycles. The lowest BCUT2D eigenvalue weighted by Gasteiger charge is -2.35. The fraction of sp³-hybridized carbons (Fsp3) is 0.611. The lowest BCUT2D eigenvalue weighted by atomic mass is 9.95. The average Bonchev–Trinajstić information content (AvgIpc) is 3.10. The van der Waals surface area contributed by atoms with E-state index in [2.05, 4.69) is 16.8 Å². The summed E-state index contributed by atoms with van der Waals surface area (Å²) in [7, 11) is 0. The van der Waals surface area contributed by atoms with Gasteiger partial charge in [0.2, 0.25) is 5.91 Å². The number of carbonyl (C=O) groups excluding carboxylic acids is 2. The summed E-state index contributed by atoms with van der Waals surface area (Å²) in [4.78, 5) is 33.4. The summed E-state index contributed by atoms with van der Waals surface area (Å²) in [5, 5.41) is 0.328. The normalized spacial score (nSPS) is 24.2. The van der Waals surface area contributed by atoms with Crippen molar-refractivity contribution in [1.82, 2.24) is 14.8 Å². The molecule has 2 aliphatic heterocycles. The Morgan fingerprint density at radius 2 is 2.08 bits per heavy atom. The van der Waals surface area contributed by atoms with Gasteiger partial charge in [0.15, 0.2) is 0 Å². The minimum Gasteiger partial charge on any atom is -0.338 e. The molecule has 2 aliphatic rings. The summed E-state index contributed by atoms with van der Waals surface area (Å²) in [5.74, 6) is 1.23. The molecule has 2 atom stereocenters. The Morgan fingerprint density at radius 1 is 1.29 bits per heavy atom. The van der Waals surface area contributed by atoms with Crippen molar-refractivity contribution in [3.05, 3.63) is 30.1 Å². The van der Waals surface area contributed by atoms with Crippen LogP contribution in [-0.2, 0) is 4.79 Å². The molecule has 1 aromatic heterocycles. The summed E-state index contributed by atoms with van der Waals surface area (Å²) in [6.45, 7) is 4.29. The van der Waals surface area contributed by atoms with Crippen molar-refractivity contribution in [3.63, 3.8) is 0 Å². The van der Waals surface area contributed by atoms with Gasteiger partial charge in [0.25, 0.3) is 5.91 Å². The van der Waals surface area contributed by atoms with Crippen molar-refractivity contribution in [1.29, 1.82) is 0 Å². The molecule has 0 unspecified atom stereocenters. The summed E-state index contributed by atoms with van der Waals surface area (Å²) < 4.78 is 0. The molecule has 3 rings (SSSR count). The highest BCUT2D eigenvalue weighted by Crippen LogP contribution is 2.30. The van der Waals surface area contributed by atoms with E-state index in [-0.39, 0.29) is 17.7 Å². The number of hydrogen-bond donors (Lipinski definition) is 0. The minimum absolute atomic E-state index is 0.0100. The molecule has 0 aliphatic carbocycles. The van der Waals surface area contributed by atoms with E-state index in [0.29, 0.717) is 17.5 Å². The SMILES string of the molecule is CCC[C@@H]1SCCN1C(=O)[C@@H]1CCCN(C(=O)c2ccncc2)C1. The standard InChI is InChI=1S/C18H25N3O2S/c1-2-4-16-21(11-12-24-16)18(23)15-5-3-10-20(13-15)17(22)14-6-8-19-9-7-14/h6-9,15-16H,2-5,10-13H2,1H3/t15-,16+/m1/s1. The molecule has 24 heavy (non-hydrogen) atoms. The Hall–Kier alpha value is -1.56. The molecule has 5 nitrogen and oxygen atoms in total. The van der Waals surface area contributed by atoms with E-state index in [1.165, 1.54) is 0 Å². The molecule has 2 saturated heterocycles. The number of aromatic nitrogens is 1. The minimum atomic E-state index is -0.0532. The van der Waals surface area contributed by atoms with Crippen molar-refractivity contribution >= 4 is 23.6 Å². The summed E-state index contributed by atoms with van der Waals surface area (Å²) in [5.41, 5.74) is 0.652. The monoisotopic (exact) mass is 347 g/mol. The Bertz CT molecular complexity index is 581. The zero-order chi connectivity index (χ0) is 16.9. The van der Waals surface area contributed by atoms with Crippen LogP contribution in [-0.4, -0.2) is 57.4 Å². The third-order valence-corrected chi connectivity index (χ3v) is 6.09. The van der Waals surface area contributed by atoms with Crippen LogP contribution in [0.2, 0.25) is 0 Å². The highest BCUT2D eigenvalue weighted by Gasteiger charge is 2.36. The van der Waals surface area contributed by atoms with Gasteiger partial charge in [-0.25, -0.2) is 0 Å². The van der Waals surface area contributed by atoms with Crippen molar-refractivity contribution in [3.8, 4) is 0 Å². The number of thioether (sulfide) groups is 1. The first-order valence-electron chi connectivity index (χ1n) is 8.82. The molecule has 0 radical (unpaired) electrons. The van der Waals surface area contributed by atoms with Crippen LogP contribution in [0.1, 0.15) is 43.0 Å². The van der Waals surface area contributed by atoms with Gasteiger partial charge in [-0.3, -0.25) is 14.6 Å². The summed E-state index contributed by atoms with van der Waals surface area (Å²) in [6.07, 6.45) is 7.21. The first-order valence-corrected chi connectivity index (χ1v) is 9.87. The average molecular weight is 347 g/mol. The number of carbonyl (C=O) groups is 2. The van der Waals surface area contributed by atoms with Crippen LogP contribution in [0.15, 0.2) is 24.5 Å². The second-order valence-corrected chi connectivity index (χ2v) is 7.76. The molecule has 3 heterocycles. The molecule has 2 fully saturated rings. The van der Waals surface area contributed by atoms with E-state index in [1.807, 2.05) is 16.7 Å². The van der Waals surface area contributed by atoms with Gasteiger partial charge in [-0.2, -0.15) is 0 Å². The van der Waals surface area contributed by atoms with E-state index in [1.54, 1.807) is 24.5 Å². The van der Waals surface area contributed by atoms with E-state index < -0.39 is 0 Å². The Labute approximate surface area is 147 Å². The van der Waals surface area contributed by atoms with Crippen LogP contribution in [0.3, 0.4) is 0 Å². The first-order chi connectivity index (χ1) is 11.7. The maximum Gasteiger partial charge on any atom is 0.253 e. The molecule has 6 heteroatoms. The van der Waals surface area contributed by atoms with Crippen LogP contribution < -0.4 is 0 Å². The number of likely N-dealkylation sites (tertiary alicyclic amines) is 1.